The molecule has 1 aromatic carbocycles. The average Bonchev–Trinajstić information content (AvgIpc) is 2.80. The van der Waals surface area contributed by atoms with Gasteiger partial charge in [-0.3, -0.25) is 4.90 Å². The summed E-state index contributed by atoms with van der Waals surface area (Å²) in [6.07, 6.45) is 1.13. The molecule has 2 rings (SSSR count). The number of benzene rings is 1. The molecule has 1 aliphatic rings. The van der Waals surface area contributed by atoms with Crippen molar-refractivity contribution in [3.8, 4) is 0 Å². The van der Waals surface area contributed by atoms with E-state index < -0.39 is 0 Å². The molecule has 0 bridgehead atoms. The molecule has 0 aromatic heterocycles. The molecule has 3 nitrogen and oxygen atoms in total. The minimum absolute atomic E-state index is 0.160. The molecule has 0 amide bonds. The Kier molecular flexibility index (Phi) is 5.52. The number of nitrogens with zero attached hydrogens (tertiary/aromatic N) is 2. The summed E-state index contributed by atoms with van der Waals surface area (Å²) in [6, 6.07) is 5.28. The van der Waals surface area contributed by atoms with Gasteiger partial charge in [0.2, 0.25) is 0 Å². The van der Waals surface area contributed by atoms with Gasteiger partial charge in [0, 0.05) is 25.7 Å². The lowest BCUT2D eigenvalue weighted by Gasteiger charge is -2.25. The van der Waals surface area contributed by atoms with E-state index in [0.717, 1.165) is 44.7 Å². The SMILES string of the molecule is CCN(CC)CCCN1Cc2ccc(F)cc2C1CN. The third-order valence-electron chi connectivity index (χ3n) is 4.32. The molecule has 0 radical (unpaired) electrons. The number of rotatable bonds is 7. The molecule has 1 aliphatic heterocycles. The first-order valence-electron chi connectivity index (χ1n) is 7.64. The lowest BCUT2D eigenvalue weighted by Crippen LogP contribution is -2.32. The van der Waals surface area contributed by atoms with Gasteiger partial charge < -0.3 is 10.6 Å². The van der Waals surface area contributed by atoms with Crippen LogP contribution in [0.4, 0.5) is 4.39 Å². The molecule has 1 aromatic rings. The second-order valence-corrected chi connectivity index (χ2v) is 5.45. The van der Waals surface area contributed by atoms with Gasteiger partial charge in [-0.1, -0.05) is 19.9 Å². The van der Waals surface area contributed by atoms with E-state index in [2.05, 4.69) is 23.6 Å². The normalized spacial score (nSPS) is 18.8. The fourth-order valence-electron chi connectivity index (χ4n) is 3.09. The molecule has 0 aliphatic carbocycles. The number of hydrogen-bond acceptors (Lipinski definition) is 3. The van der Waals surface area contributed by atoms with Crippen LogP contribution in [0.1, 0.15) is 37.4 Å². The second-order valence-electron chi connectivity index (χ2n) is 5.45. The molecule has 2 N–H and O–H groups in total. The van der Waals surface area contributed by atoms with Crippen LogP contribution in [0.5, 0.6) is 0 Å². The summed E-state index contributed by atoms with van der Waals surface area (Å²) in [5.41, 5.74) is 8.20. The van der Waals surface area contributed by atoms with Crippen molar-refractivity contribution in [3.63, 3.8) is 0 Å². The van der Waals surface area contributed by atoms with Crippen molar-refractivity contribution < 1.29 is 4.39 Å². The second kappa shape index (κ2) is 7.16. The average molecular weight is 279 g/mol. The zero-order chi connectivity index (χ0) is 14.5. The van der Waals surface area contributed by atoms with Gasteiger partial charge in [0.25, 0.3) is 0 Å². The molecule has 0 saturated carbocycles. The van der Waals surface area contributed by atoms with Gasteiger partial charge in [0.1, 0.15) is 5.82 Å². The number of hydrogen-bond donors (Lipinski definition) is 1. The monoisotopic (exact) mass is 279 g/mol. The van der Waals surface area contributed by atoms with Crippen LogP contribution in [0, 0.1) is 5.82 Å². The maximum Gasteiger partial charge on any atom is 0.123 e. The first-order valence-corrected chi connectivity index (χ1v) is 7.64. The van der Waals surface area contributed by atoms with E-state index in [1.165, 1.54) is 5.56 Å². The van der Waals surface area contributed by atoms with E-state index in [1.807, 2.05) is 6.07 Å². The van der Waals surface area contributed by atoms with Crippen LogP contribution >= 0.6 is 0 Å². The molecule has 1 heterocycles. The van der Waals surface area contributed by atoms with Crippen LogP contribution < -0.4 is 5.73 Å². The first kappa shape index (κ1) is 15.4. The maximum atomic E-state index is 13.4. The third kappa shape index (κ3) is 3.37. The Morgan fingerprint density at radius 1 is 1.35 bits per heavy atom. The molecule has 20 heavy (non-hydrogen) atoms. The number of nitrogens with two attached hydrogens (primary N) is 1. The lowest BCUT2D eigenvalue weighted by molar-refractivity contribution is 0.199. The molecule has 0 spiro atoms. The summed E-state index contributed by atoms with van der Waals surface area (Å²) in [5, 5.41) is 0. The summed E-state index contributed by atoms with van der Waals surface area (Å²) in [5.74, 6) is -0.160. The molecule has 1 atom stereocenters. The highest BCUT2D eigenvalue weighted by Crippen LogP contribution is 2.33. The minimum Gasteiger partial charge on any atom is -0.329 e. The van der Waals surface area contributed by atoms with Gasteiger partial charge in [0.15, 0.2) is 0 Å². The highest BCUT2D eigenvalue weighted by molar-refractivity contribution is 5.34. The third-order valence-corrected chi connectivity index (χ3v) is 4.32. The maximum absolute atomic E-state index is 13.4. The number of fused-ring (bicyclic) bond motifs is 1. The van der Waals surface area contributed by atoms with Crippen LogP contribution in [-0.4, -0.2) is 42.5 Å². The Balaban J connectivity index is 1.94. The summed E-state index contributed by atoms with van der Waals surface area (Å²) in [4.78, 5) is 4.81. The van der Waals surface area contributed by atoms with Crippen molar-refractivity contribution in [3.05, 3.63) is 35.1 Å². The quantitative estimate of drug-likeness (QED) is 0.832. The van der Waals surface area contributed by atoms with Crippen LogP contribution in [-0.2, 0) is 6.54 Å². The van der Waals surface area contributed by atoms with Crippen molar-refractivity contribution in [2.24, 2.45) is 5.73 Å². The van der Waals surface area contributed by atoms with Gasteiger partial charge in [-0.05, 0) is 49.3 Å². The summed E-state index contributed by atoms with van der Waals surface area (Å²) >= 11 is 0. The topological polar surface area (TPSA) is 32.5 Å². The number of halogens is 1. The first-order chi connectivity index (χ1) is 9.69. The predicted octanol–water partition coefficient (Wildman–Crippen LogP) is 2.37. The Morgan fingerprint density at radius 3 is 2.75 bits per heavy atom. The van der Waals surface area contributed by atoms with Crippen molar-refractivity contribution in [2.75, 3.05) is 32.7 Å². The van der Waals surface area contributed by atoms with E-state index in [9.17, 15) is 4.39 Å². The largest absolute Gasteiger partial charge is 0.329 e. The van der Waals surface area contributed by atoms with E-state index in [0.29, 0.717) is 6.54 Å². The Morgan fingerprint density at radius 2 is 2.10 bits per heavy atom. The standard InChI is InChI=1S/C16H26FN3/c1-3-19(4-2)8-5-9-20-12-13-6-7-14(17)10-15(13)16(20)11-18/h6-7,10,16H,3-5,8-9,11-12,18H2,1-2H3. The zero-order valence-corrected chi connectivity index (χ0v) is 12.6. The molecular formula is C16H26FN3. The molecule has 0 fully saturated rings. The Bertz CT molecular complexity index is 432. The van der Waals surface area contributed by atoms with E-state index in [1.54, 1.807) is 12.1 Å². The molecular weight excluding hydrogens is 253 g/mol. The highest BCUT2D eigenvalue weighted by atomic mass is 19.1. The van der Waals surface area contributed by atoms with Crippen molar-refractivity contribution in [1.82, 2.24) is 9.80 Å². The molecule has 4 heteroatoms. The molecule has 0 saturated heterocycles. The smallest absolute Gasteiger partial charge is 0.123 e. The molecule has 112 valence electrons. The predicted molar refractivity (Wildman–Crippen MR) is 81.0 cm³/mol. The highest BCUT2D eigenvalue weighted by Gasteiger charge is 2.28. The minimum atomic E-state index is -0.160. The van der Waals surface area contributed by atoms with Crippen LogP contribution in [0.25, 0.3) is 0 Å². The van der Waals surface area contributed by atoms with E-state index in [-0.39, 0.29) is 11.9 Å². The van der Waals surface area contributed by atoms with Crippen molar-refractivity contribution in [2.45, 2.75) is 32.9 Å². The van der Waals surface area contributed by atoms with Gasteiger partial charge in [-0.15, -0.1) is 0 Å². The van der Waals surface area contributed by atoms with Crippen LogP contribution in [0.2, 0.25) is 0 Å². The fraction of sp³-hybridized carbons (Fsp3) is 0.625. The van der Waals surface area contributed by atoms with Gasteiger partial charge in [-0.25, -0.2) is 4.39 Å². The van der Waals surface area contributed by atoms with Gasteiger partial charge in [0.05, 0.1) is 0 Å². The van der Waals surface area contributed by atoms with Gasteiger partial charge in [-0.2, -0.15) is 0 Å². The van der Waals surface area contributed by atoms with Gasteiger partial charge >= 0.3 is 0 Å². The van der Waals surface area contributed by atoms with E-state index >= 15 is 0 Å². The van der Waals surface area contributed by atoms with E-state index in [4.69, 9.17) is 5.73 Å². The fourth-order valence-corrected chi connectivity index (χ4v) is 3.09. The summed E-state index contributed by atoms with van der Waals surface area (Å²) in [7, 11) is 0. The summed E-state index contributed by atoms with van der Waals surface area (Å²) < 4.78 is 13.4. The zero-order valence-electron chi connectivity index (χ0n) is 12.6. The Labute approximate surface area is 121 Å². The summed E-state index contributed by atoms with van der Waals surface area (Å²) in [6.45, 7) is 10.2. The van der Waals surface area contributed by atoms with Crippen molar-refractivity contribution >= 4 is 0 Å². The molecule has 1 unspecified atom stereocenters. The lowest BCUT2D eigenvalue weighted by atomic mass is 10.0. The van der Waals surface area contributed by atoms with Crippen LogP contribution in [0.3, 0.4) is 0 Å². The van der Waals surface area contributed by atoms with Crippen molar-refractivity contribution in [1.29, 1.82) is 0 Å². The van der Waals surface area contributed by atoms with Crippen LogP contribution in [0.15, 0.2) is 18.2 Å². The Hall–Kier alpha value is -0.970.